The van der Waals surface area contributed by atoms with Crippen LogP contribution in [0.1, 0.15) is 30.5 Å². The number of benzene rings is 2. The average molecular weight is 468 g/mol. The van der Waals surface area contributed by atoms with Crippen LogP contribution in [0, 0.1) is 0 Å². The number of hydrazone groups is 1. The first-order chi connectivity index (χ1) is 15.7. The fourth-order valence-electron chi connectivity index (χ4n) is 3.82. The SMILES string of the molecule is CC(=O)N1N=C(c2c(O)n(-c3ccc(Cl)cc3)c(=O)[nH]c2=O)C[C@@H]1c1ccc(N(C)C)cc1. The van der Waals surface area contributed by atoms with E-state index in [2.05, 4.69) is 10.1 Å². The summed E-state index contributed by atoms with van der Waals surface area (Å²) in [6.07, 6.45) is 0.191. The van der Waals surface area contributed by atoms with E-state index in [4.69, 9.17) is 11.6 Å². The number of H-pyrrole nitrogens is 1. The summed E-state index contributed by atoms with van der Waals surface area (Å²) in [5.41, 5.74) is 0.594. The van der Waals surface area contributed by atoms with Crippen LogP contribution in [0.4, 0.5) is 5.69 Å². The smallest absolute Gasteiger partial charge is 0.335 e. The van der Waals surface area contributed by atoms with Crippen molar-refractivity contribution in [3.63, 3.8) is 0 Å². The predicted molar refractivity (Wildman–Crippen MR) is 127 cm³/mol. The maximum Gasteiger partial charge on any atom is 0.335 e. The van der Waals surface area contributed by atoms with E-state index in [0.29, 0.717) is 10.7 Å². The number of carbonyl (C=O) groups is 1. The van der Waals surface area contributed by atoms with Crippen molar-refractivity contribution < 1.29 is 9.90 Å². The highest BCUT2D eigenvalue weighted by molar-refractivity contribution is 6.30. The summed E-state index contributed by atoms with van der Waals surface area (Å²) < 4.78 is 0.965. The summed E-state index contributed by atoms with van der Waals surface area (Å²) in [6, 6.07) is 13.4. The van der Waals surface area contributed by atoms with Gasteiger partial charge in [0.15, 0.2) is 0 Å². The molecule has 9 nitrogen and oxygen atoms in total. The fourth-order valence-corrected chi connectivity index (χ4v) is 3.95. The fraction of sp³-hybridized carbons (Fsp3) is 0.217. The normalized spacial score (nSPS) is 15.5. The Bertz CT molecular complexity index is 1360. The van der Waals surface area contributed by atoms with Crippen molar-refractivity contribution in [2.24, 2.45) is 5.10 Å². The van der Waals surface area contributed by atoms with E-state index in [0.717, 1.165) is 15.8 Å². The van der Waals surface area contributed by atoms with Crippen LogP contribution in [0.3, 0.4) is 0 Å². The van der Waals surface area contributed by atoms with Gasteiger partial charge in [-0.2, -0.15) is 5.10 Å². The monoisotopic (exact) mass is 467 g/mol. The van der Waals surface area contributed by atoms with Crippen LogP contribution < -0.4 is 16.1 Å². The number of aromatic amines is 1. The molecule has 4 rings (SSSR count). The molecule has 10 heteroatoms. The standard InChI is InChI=1S/C23H22ClN5O4/c1-13(30)29-19(14-4-8-16(9-5-14)27(2)3)12-18(26-29)20-21(31)25-23(33)28(22(20)32)17-10-6-15(24)7-11-17/h4-11,19,32H,12H2,1-3H3,(H,25,31,33)/t19-/m1/s1. The van der Waals surface area contributed by atoms with E-state index in [1.54, 1.807) is 24.3 Å². The van der Waals surface area contributed by atoms with Gasteiger partial charge in [0.05, 0.1) is 17.4 Å². The number of nitrogens with zero attached hydrogens (tertiary/aromatic N) is 4. The van der Waals surface area contributed by atoms with Crippen molar-refractivity contribution in [1.82, 2.24) is 14.6 Å². The zero-order valence-electron chi connectivity index (χ0n) is 18.2. The highest BCUT2D eigenvalue weighted by Gasteiger charge is 2.34. The Labute approximate surface area is 194 Å². The molecule has 1 amide bonds. The Balaban J connectivity index is 1.79. The molecule has 0 bridgehead atoms. The van der Waals surface area contributed by atoms with Gasteiger partial charge in [0.1, 0.15) is 5.56 Å². The van der Waals surface area contributed by atoms with Crippen molar-refractivity contribution in [1.29, 1.82) is 0 Å². The molecule has 0 unspecified atom stereocenters. The summed E-state index contributed by atoms with van der Waals surface area (Å²) in [5.74, 6) is -0.870. The largest absolute Gasteiger partial charge is 0.493 e. The van der Waals surface area contributed by atoms with Crippen LogP contribution in [-0.2, 0) is 4.79 Å². The third-order valence-corrected chi connectivity index (χ3v) is 5.74. The Morgan fingerprint density at radius 3 is 2.33 bits per heavy atom. The zero-order valence-corrected chi connectivity index (χ0v) is 19.0. The van der Waals surface area contributed by atoms with Crippen molar-refractivity contribution in [2.45, 2.75) is 19.4 Å². The second kappa shape index (κ2) is 8.59. The molecule has 1 aliphatic heterocycles. The van der Waals surface area contributed by atoms with Gasteiger partial charge < -0.3 is 10.0 Å². The maximum atomic E-state index is 12.7. The number of carbonyl (C=O) groups excluding carboxylic acids is 1. The van der Waals surface area contributed by atoms with Crippen molar-refractivity contribution in [3.05, 3.63) is 85.5 Å². The molecular weight excluding hydrogens is 446 g/mol. The number of aromatic hydroxyl groups is 1. The molecule has 2 aromatic carbocycles. The highest BCUT2D eigenvalue weighted by Crippen LogP contribution is 2.34. The van der Waals surface area contributed by atoms with Gasteiger partial charge in [-0.15, -0.1) is 0 Å². The third kappa shape index (κ3) is 4.14. The van der Waals surface area contributed by atoms with Gasteiger partial charge in [-0.25, -0.2) is 14.4 Å². The Hall–Kier alpha value is -3.85. The van der Waals surface area contributed by atoms with Crippen molar-refractivity contribution >= 4 is 28.9 Å². The Morgan fingerprint density at radius 2 is 1.76 bits per heavy atom. The molecular formula is C23H22ClN5O4. The first kappa shape index (κ1) is 22.3. The second-order valence-electron chi connectivity index (χ2n) is 7.89. The van der Waals surface area contributed by atoms with Crippen LogP contribution >= 0.6 is 11.6 Å². The first-order valence-electron chi connectivity index (χ1n) is 10.2. The summed E-state index contributed by atoms with van der Waals surface area (Å²) >= 11 is 5.92. The number of aromatic nitrogens is 2. The number of hydrogen-bond donors (Lipinski definition) is 2. The van der Waals surface area contributed by atoms with Crippen molar-refractivity contribution in [3.8, 4) is 11.6 Å². The lowest BCUT2D eigenvalue weighted by Gasteiger charge is -2.21. The number of amides is 1. The number of rotatable bonds is 4. The Morgan fingerprint density at radius 1 is 1.12 bits per heavy atom. The van der Waals surface area contributed by atoms with Gasteiger partial charge in [0.2, 0.25) is 11.8 Å². The number of anilines is 1. The van der Waals surface area contributed by atoms with Gasteiger partial charge >= 0.3 is 5.69 Å². The predicted octanol–water partition coefficient (Wildman–Crippen LogP) is 2.65. The quantitative estimate of drug-likeness (QED) is 0.612. The molecule has 2 N–H and O–H groups in total. The molecule has 170 valence electrons. The first-order valence-corrected chi connectivity index (χ1v) is 10.5. The van der Waals surface area contributed by atoms with E-state index in [1.165, 1.54) is 11.9 Å². The minimum absolute atomic E-state index is 0.164. The van der Waals surface area contributed by atoms with Crippen LogP contribution in [0.5, 0.6) is 5.88 Å². The van der Waals surface area contributed by atoms with Gasteiger partial charge in [-0.05, 0) is 42.0 Å². The van der Waals surface area contributed by atoms with E-state index in [9.17, 15) is 19.5 Å². The molecule has 3 aromatic rings. The second-order valence-corrected chi connectivity index (χ2v) is 8.32. The minimum Gasteiger partial charge on any atom is -0.493 e. The lowest BCUT2D eigenvalue weighted by Crippen LogP contribution is -2.33. The summed E-state index contributed by atoms with van der Waals surface area (Å²) in [5, 5.41) is 17.0. The van der Waals surface area contributed by atoms with Crippen LogP contribution in [0.25, 0.3) is 5.69 Å². The number of nitrogens with one attached hydrogen (secondary N) is 1. The molecule has 1 aromatic heterocycles. The summed E-state index contributed by atoms with van der Waals surface area (Å²) in [6.45, 7) is 1.38. The van der Waals surface area contributed by atoms with E-state index in [1.807, 2.05) is 43.3 Å². The molecule has 2 heterocycles. The molecule has 0 spiro atoms. The number of hydrogen-bond acceptors (Lipinski definition) is 6. The highest BCUT2D eigenvalue weighted by atomic mass is 35.5. The van der Waals surface area contributed by atoms with Crippen LogP contribution in [0.15, 0.2) is 63.2 Å². The topological polar surface area (TPSA) is 111 Å². The third-order valence-electron chi connectivity index (χ3n) is 5.49. The molecule has 1 aliphatic rings. The van der Waals surface area contributed by atoms with Crippen molar-refractivity contribution in [2.75, 3.05) is 19.0 Å². The van der Waals surface area contributed by atoms with Gasteiger partial charge in [-0.1, -0.05) is 23.7 Å². The van der Waals surface area contributed by atoms with E-state index < -0.39 is 23.2 Å². The average Bonchev–Trinajstić information content (AvgIpc) is 3.20. The minimum atomic E-state index is -0.804. The molecule has 0 saturated heterocycles. The lowest BCUT2D eigenvalue weighted by molar-refractivity contribution is -0.130. The maximum absolute atomic E-state index is 12.7. The molecule has 0 aliphatic carbocycles. The summed E-state index contributed by atoms with van der Waals surface area (Å²) in [4.78, 5) is 41.7. The molecule has 0 radical (unpaired) electrons. The lowest BCUT2D eigenvalue weighted by atomic mass is 9.99. The van der Waals surface area contributed by atoms with Crippen LogP contribution in [-0.4, -0.2) is 45.4 Å². The van der Waals surface area contributed by atoms with Gasteiger partial charge in [0, 0.05) is 38.1 Å². The zero-order chi connectivity index (χ0) is 23.9. The molecule has 33 heavy (non-hydrogen) atoms. The van der Waals surface area contributed by atoms with E-state index in [-0.39, 0.29) is 23.6 Å². The number of halogens is 1. The van der Waals surface area contributed by atoms with Gasteiger partial charge in [-0.3, -0.25) is 14.6 Å². The van der Waals surface area contributed by atoms with E-state index >= 15 is 0 Å². The van der Waals surface area contributed by atoms with Gasteiger partial charge in [0.25, 0.3) is 5.56 Å². The summed E-state index contributed by atoms with van der Waals surface area (Å²) in [7, 11) is 3.86. The van der Waals surface area contributed by atoms with Crippen LogP contribution in [0.2, 0.25) is 5.02 Å². The molecule has 0 saturated carbocycles. The Kier molecular flexibility index (Phi) is 5.82. The molecule has 1 atom stereocenters. The molecule has 0 fully saturated rings.